The fourth-order valence-corrected chi connectivity index (χ4v) is 2.50. The molecule has 18 heavy (non-hydrogen) atoms. The number of benzene rings is 1. The smallest absolute Gasteiger partial charge is 0.119 e. The lowest BCUT2D eigenvalue weighted by molar-refractivity contribution is 0.375. The maximum Gasteiger partial charge on any atom is 0.119 e. The zero-order valence-electron chi connectivity index (χ0n) is 12.4. The van der Waals surface area contributed by atoms with Gasteiger partial charge in [0.15, 0.2) is 0 Å². The molecule has 0 saturated heterocycles. The number of hydrogen-bond donors (Lipinski definition) is 0. The summed E-state index contributed by atoms with van der Waals surface area (Å²) in [5.74, 6) is 1.43. The first-order valence-corrected chi connectivity index (χ1v) is 6.42. The minimum atomic E-state index is 0.511. The summed E-state index contributed by atoms with van der Waals surface area (Å²) >= 11 is 0. The Labute approximate surface area is 111 Å². The van der Waals surface area contributed by atoms with Crippen LogP contribution in [0.1, 0.15) is 26.3 Å². The first kappa shape index (κ1) is 14.8. The highest BCUT2D eigenvalue weighted by atomic mass is 16.5. The average Bonchev–Trinajstić information content (AvgIpc) is 2.28. The highest BCUT2D eigenvalue weighted by Crippen LogP contribution is 2.29. The van der Waals surface area contributed by atoms with Crippen molar-refractivity contribution in [2.45, 2.75) is 20.8 Å². The van der Waals surface area contributed by atoms with Gasteiger partial charge in [-0.2, -0.15) is 0 Å². The van der Waals surface area contributed by atoms with Crippen LogP contribution in [0.3, 0.4) is 0 Å². The van der Waals surface area contributed by atoms with Crippen molar-refractivity contribution in [1.29, 1.82) is 0 Å². The van der Waals surface area contributed by atoms with E-state index in [1.165, 1.54) is 16.7 Å². The summed E-state index contributed by atoms with van der Waals surface area (Å²) in [4.78, 5) is 2.23. The van der Waals surface area contributed by atoms with Crippen molar-refractivity contribution in [2.24, 2.45) is 5.92 Å². The number of rotatable bonds is 5. The molecule has 0 aromatic heterocycles. The quantitative estimate of drug-likeness (QED) is 0.787. The molecule has 0 saturated carbocycles. The van der Waals surface area contributed by atoms with E-state index in [0.29, 0.717) is 5.92 Å². The van der Waals surface area contributed by atoms with Crippen LogP contribution in [0.4, 0.5) is 0 Å². The standard InChI is InChI=1S/C16H25NO/c1-12(2)16(13(3)11-17(4)5)14-8-7-9-15(10-14)18-6/h7-10,13H,11H2,1-6H3. The van der Waals surface area contributed by atoms with Crippen molar-refractivity contribution < 1.29 is 4.74 Å². The first-order chi connectivity index (χ1) is 8.45. The van der Waals surface area contributed by atoms with Crippen LogP contribution >= 0.6 is 0 Å². The Morgan fingerprint density at radius 1 is 1.28 bits per heavy atom. The second kappa shape index (κ2) is 6.60. The van der Waals surface area contributed by atoms with E-state index in [4.69, 9.17) is 4.74 Å². The average molecular weight is 247 g/mol. The van der Waals surface area contributed by atoms with Crippen LogP contribution in [0.25, 0.3) is 5.57 Å². The summed E-state index contributed by atoms with van der Waals surface area (Å²) in [6, 6.07) is 8.33. The van der Waals surface area contributed by atoms with Gasteiger partial charge in [0, 0.05) is 6.54 Å². The Hall–Kier alpha value is -1.28. The van der Waals surface area contributed by atoms with Gasteiger partial charge in [0.25, 0.3) is 0 Å². The Kier molecular flexibility index (Phi) is 5.42. The molecule has 1 rings (SSSR count). The lowest BCUT2D eigenvalue weighted by Crippen LogP contribution is -2.21. The van der Waals surface area contributed by atoms with Crippen molar-refractivity contribution >= 4 is 5.57 Å². The molecule has 1 unspecified atom stereocenters. The van der Waals surface area contributed by atoms with Crippen LogP contribution < -0.4 is 4.74 Å². The summed E-state index contributed by atoms with van der Waals surface area (Å²) in [5.41, 5.74) is 4.06. The first-order valence-electron chi connectivity index (χ1n) is 6.42. The van der Waals surface area contributed by atoms with E-state index >= 15 is 0 Å². The van der Waals surface area contributed by atoms with Gasteiger partial charge < -0.3 is 9.64 Å². The molecule has 0 spiro atoms. The Balaban J connectivity index is 3.09. The Morgan fingerprint density at radius 2 is 1.94 bits per heavy atom. The predicted octanol–water partition coefficient (Wildman–Crippen LogP) is 3.69. The zero-order chi connectivity index (χ0) is 13.7. The molecule has 1 atom stereocenters. The molecule has 0 N–H and O–H groups in total. The summed E-state index contributed by atoms with van der Waals surface area (Å²) in [7, 11) is 5.94. The zero-order valence-corrected chi connectivity index (χ0v) is 12.4. The van der Waals surface area contributed by atoms with E-state index < -0.39 is 0 Å². The van der Waals surface area contributed by atoms with Gasteiger partial charge in [-0.25, -0.2) is 0 Å². The minimum Gasteiger partial charge on any atom is -0.497 e. The van der Waals surface area contributed by atoms with E-state index in [-0.39, 0.29) is 0 Å². The van der Waals surface area contributed by atoms with Crippen LogP contribution in [-0.4, -0.2) is 32.6 Å². The molecule has 1 aromatic carbocycles. The maximum absolute atomic E-state index is 5.31. The number of methoxy groups -OCH3 is 1. The van der Waals surface area contributed by atoms with E-state index in [0.717, 1.165) is 12.3 Å². The van der Waals surface area contributed by atoms with E-state index in [1.807, 2.05) is 6.07 Å². The van der Waals surface area contributed by atoms with Crippen LogP contribution in [0.2, 0.25) is 0 Å². The van der Waals surface area contributed by atoms with Gasteiger partial charge in [-0.3, -0.25) is 0 Å². The van der Waals surface area contributed by atoms with Gasteiger partial charge in [-0.05, 0) is 57.1 Å². The lowest BCUT2D eigenvalue weighted by atomic mass is 9.90. The maximum atomic E-state index is 5.31. The molecule has 0 fully saturated rings. The normalized spacial score (nSPS) is 12.4. The van der Waals surface area contributed by atoms with Crippen LogP contribution in [-0.2, 0) is 0 Å². The fraction of sp³-hybridized carbons (Fsp3) is 0.500. The highest BCUT2D eigenvalue weighted by molar-refractivity contribution is 5.70. The van der Waals surface area contributed by atoms with Crippen LogP contribution in [0, 0.1) is 5.92 Å². The second-order valence-corrected chi connectivity index (χ2v) is 5.31. The van der Waals surface area contributed by atoms with E-state index in [1.54, 1.807) is 7.11 Å². The Bertz CT molecular complexity index is 417. The predicted molar refractivity (Wildman–Crippen MR) is 79.0 cm³/mol. The van der Waals surface area contributed by atoms with Crippen molar-refractivity contribution in [3.63, 3.8) is 0 Å². The van der Waals surface area contributed by atoms with Gasteiger partial charge in [0.2, 0.25) is 0 Å². The third-order valence-corrected chi connectivity index (χ3v) is 3.05. The largest absolute Gasteiger partial charge is 0.497 e. The summed E-state index contributed by atoms with van der Waals surface area (Å²) < 4.78 is 5.31. The number of nitrogens with zero attached hydrogens (tertiary/aromatic N) is 1. The molecule has 0 aliphatic rings. The molecule has 0 aliphatic heterocycles. The molecular formula is C16H25NO. The van der Waals surface area contributed by atoms with Gasteiger partial charge in [-0.1, -0.05) is 24.6 Å². The highest BCUT2D eigenvalue weighted by Gasteiger charge is 2.14. The lowest BCUT2D eigenvalue weighted by Gasteiger charge is -2.22. The van der Waals surface area contributed by atoms with Gasteiger partial charge in [0.1, 0.15) is 5.75 Å². The molecule has 100 valence electrons. The van der Waals surface area contributed by atoms with Gasteiger partial charge in [0.05, 0.1) is 7.11 Å². The minimum absolute atomic E-state index is 0.511. The Morgan fingerprint density at radius 3 is 2.44 bits per heavy atom. The van der Waals surface area contributed by atoms with E-state index in [9.17, 15) is 0 Å². The third kappa shape index (κ3) is 3.88. The third-order valence-electron chi connectivity index (χ3n) is 3.05. The second-order valence-electron chi connectivity index (χ2n) is 5.31. The van der Waals surface area contributed by atoms with E-state index in [2.05, 4.69) is 58.0 Å². The SMILES string of the molecule is COc1cccc(C(=C(C)C)C(C)CN(C)C)c1. The topological polar surface area (TPSA) is 12.5 Å². The van der Waals surface area contributed by atoms with Crippen molar-refractivity contribution in [2.75, 3.05) is 27.7 Å². The molecular weight excluding hydrogens is 222 g/mol. The summed E-state index contributed by atoms with van der Waals surface area (Å²) in [6.45, 7) is 7.70. The van der Waals surface area contributed by atoms with Crippen molar-refractivity contribution in [3.05, 3.63) is 35.4 Å². The van der Waals surface area contributed by atoms with Crippen LogP contribution in [0.5, 0.6) is 5.75 Å². The van der Waals surface area contributed by atoms with Gasteiger partial charge >= 0.3 is 0 Å². The molecule has 2 heteroatoms. The fourth-order valence-electron chi connectivity index (χ4n) is 2.50. The summed E-state index contributed by atoms with van der Waals surface area (Å²) in [6.07, 6.45) is 0. The summed E-state index contributed by atoms with van der Waals surface area (Å²) in [5, 5.41) is 0. The molecule has 0 amide bonds. The molecule has 0 heterocycles. The monoisotopic (exact) mass is 247 g/mol. The molecule has 0 bridgehead atoms. The van der Waals surface area contributed by atoms with Gasteiger partial charge in [-0.15, -0.1) is 0 Å². The molecule has 0 aliphatic carbocycles. The number of allylic oxidation sites excluding steroid dienone is 1. The molecule has 1 aromatic rings. The van der Waals surface area contributed by atoms with Crippen LogP contribution in [0.15, 0.2) is 29.8 Å². The number of hydrogen-bond acceptors (Lipinski definition) is 2. The molecule has 0 radical (unpaired) electrons. The molecule has 2 nitrogen and oxygen atoms in total. The van der Waals surface area contributed by atoms with Crippen molar-refractivity contribution in [3.8, 4) is 5.75 Å². The number of ether oxygens (including phenoxy) is 1. The van der Waals surface area contributed by atoms with Crippen molar-refractivity contribution in [1.82, 2.24) is 4.90 Å².